The van der Waals surface area contributed by atoms with Crippen LogP contribution in [0.5, 0.6) is 0 Å². The van der Waals surface area contributed by atoms with Crippen molar-refractivity contribution in [1.29, 1.82) is 0 Å². The molecule has 1 rings (SSSR count). The molecule has 1 N–H and O–H groups in total. The number of ketones is 1. The maximum Gasteiger partial charge on any atom is 0.230 e. The van der Waals surface area contributed by atoms with Gasteiger partial charge in [0.25, 0.3) is 0 Å². The van der Waals surface area contributed by atoms with Crippen LogP contribution in [0.2, 0.25) is 0 Å². The monoisotopic (exact) mass is 178 g/mol. The van der Waals surface area contributed by atoms with Gasteiger partial charge in [-0.3, -0.25) is 9.80 Å². The Bertz CT molecular complexity index is 318. The summed E-state index contributed by atoms with van der Waals surface area (Å²) in [6.07, 6.45) is 1.54. The van der Waals surface area contributed by atoms with Crippen molar-refractivity contribution in [3.63, 3.8) is 0 Å². The highest BCUT2D eigenvalue weighted by Crippen LogP contribution is 2.27. The first kappa shape index (κ1) is 9.82. The smallest absolute Gasteiger partial charge is 0.230 e. The summed E-state index contributed by atoms with van der Waals surface area (Å²) in [7, 11) is 0. The summed E-state index contributed by atoms with van der Waals surface area (Å²) in [6, 6.07) is 0. The molecule has 0 saturated carbocycles. The van der Waals surface area contributed by atoms with E-state index < -0.39 is 0 Å². The SMILES string of the molecule is CC#CC(=O)/C=C(/C)N1NC1(C)C. The van der Waals surface area contributed by atoms with Crippen molar-refractivity contribution >= 4 is 5.78 Å². The average molecular weight is 178 g/mol. The van der Waals surface area contributed by atoms with E-state index in [2.05, 4.69) is 17.3 Å². The van der Waals surface area contributed by atoms with E-state index in [1.165, 1.54) is 6.08 Å². The van der Waals surface area contributed by atoms with Gasteiger partial charge in [0.2, 0.25) is 5.78 Å². The predicted octanol–water partition coefficient (Wildman–Crippen LogP) is 1.04. The third kappa shape index (κ3) is 2.33. The lowest BCUT2D eigenvalue weighted by Gasteiger charge is -2.02. The van der Waals surface area contributed by atoms with Gasteiger partial charge in [-0.05, 0) is 33.6 Å². The predicted molar refractivity (Wildman–Crippen MR) is 51.3 cm³/mol. The Kier molecular flexibility index (Phi) is 2.44. The van der Waals surface area contributed by atoms with E-state index in [0.717, 1.165) is 5.70 Å². The van der Waals surface area contributed by atoms with Gasteiger partial charge in [0.15, 0.2) is 0 Å². The van der Waals surface area contributed by atoms with Crippen LogP contribution in [0.1, 0.15) is 27.7 Å². The molecule has 0 atom stereocenters. The second-order valence-electron chi connectivity index (χ2n) is 3.53. The Morgan fingerprint density at radius 2 is 2.08 bits per heavy atom. The highest BCUT2D eigenvalue weighted by Gasteiger charge is 2.42. The number of nitrogens with one attached hydrogen (secondary N) is 1. The largest absolute Gasteiger partial charge is 0.289 e. The second-order valence-corrected chi connectivity index (χ2v) is 3.53. The molecule has 0 unspecified atom stereocenters. The van der Waals surface area contributed by atoms with E-state index in [0.29, 0.717) is 0 Å². The number of carbonyl (C=O) groups excluding carboxylic acids is 1. The number of allylic oxidation sites excluding steroid dienone is 2. The minimum atomic E-state index is -0.149. The van der Waals surface area contributed by atoms with E-state index in [-0.39, 0.29) is 11.4 Å². The van der Waals surface area contributed by atoms with Gasteiger partial charge in [-0.15, -0.1) is 0 Å². The van der Waals surface area contributed by atoms with Gasteiger partial charge < -0.3 is 0 Å². The molecule has 0 amide bonds. The molecular weight excluding hydrogens is 164 g/mol. The molecule has 0 spiro atoms. The van der Waals surface area contributed by atoms with Gasteiger partial charge in [0.1, 0.15) is 5.66 Å². The van der Waals surface area contributed by atoms with Crippen molar-refractivity contribution in [2.75, 3.05) is 0 Å². The number of hydrogen-bond acceptors (Lipinski definition) is 3. The molecule has 3 heteroatoms. The van der Waals surface area contributed by atoms with Crippen LogP contribution in [0.15, 0.2) is 11.8 Å². The second kappa shape index (κ2) is 3.23. The van der Waals surface area contributed by atoms with Crippen molar-refractivity contribution in [1.82, 2.24) is 10.4 Å². The highest BCUT2D eigenvalue weighted by atomic mass is 16.1. The van der Waals surface area contributed by atoms with Gasteiger partial charge in [0, 0.05) is 11.8 Å². The minimum Gasteiger partial charge on any atom is -0.289 e. The van der Waals surface area contributed by atoms with E-state index in [1.54, 1.807) is 6.92 Å². The quantitative estimate of drug-likeness (QED) is 0.297. The summed E-state index contributed by atoms with van der Waals surface area (Å²) < 4.78 is 0. The van der Waals surface area contributed by atoms with Crippen molar-refractivity contribution in [3.8, 4) is 11.8 Å². The molecule has 1 aliphatic rings. The van der Waals surface area contributed by atoms with Gasteiger partial charge in [-0.1, -0.05) is 5.92 Å². The fourth-order valence-corrected chi connectivity index (χ4v) is 1.19. The van der Waals surface area contributed by atoms with Gasteiger partial charge in [-0.2, -0.15) is 0 Å². The number of rotatable bonds is 2. The van der Waals surface area contributed by atoms with Crippen LogP contribution in [0.25, 0.3) is 0 Å². The normalized spacial score (nSPS) is 19.1. The number of hydrogen-bond donors (Lipinski definition) is 1. The van der Waals surface area contributed by atoms with Crippen molar-refractivity contribution in [2.45, 2.75) is 33.4 Å². The topological polar surface area (TPSA) is 42.0 Å². The average Bonchev–Trinajstić information content (AvgIpc) is 2.60. The van der Waals surface area contributed by atoms with Gasteiger partial charge in [-0.25, -0.2) is 5.43 Å². The highest BCUT2D eigenvalue weighted by molar-refractivity contribution is 6.04. The molecule has 1 saturated heterocycles. The maximum atomic E-state index is 11.1. The summed E-state index contributed by atoms with van der Waals surface area (Å²) in [4.78, 5) is 11.1. The van der Waals surface area contributed by atoms with Crippen LogP contribution in [-0.2, 0) is 4.79 Å². The summed E-state index contributed by atoms with van der Waals surface area (Å²) >= 11 is 0. The van der Waals surface area contributed by atoms with E-state index in [9.17, 15) is 4.79 Å². The molecule has 0 aromatic rings. The van der Waals surface area contributed by atoms with Gasteiger partial charge >= 0.3 is 0 Å². The molecule has 0 radical (unpaired) electrons. The molecule has 1 aliphatic heterocycles. The standard InChI is InChI=1S/C10H14N2O/c1-5-6-9(13)7-8(2)12-10(3,4)11-12/h7,11H,1-4H3/b8-7-. The Hall–Kier alpha value is -1.27. The van der Waals surface area contributed by atoms with Crippen LogP contribution in [-0.4, -0.2) is 16.5 Å². The maximum absolute atomic E-state index is 11.1. The Morgan fingerprint density at radius 3 is 2.46 bits per heavy atom. The van der Waals surface area contributed by atoms with Crippen molar-refractivity contribution < 1.29 is 4.79 Å². The first-order valence-electron chi connectivity index (χ1n) is 4.20. The van der Waals surface area contributed by atoms with Crippen LogP contribution in [0.3, 0.4) is 0 Å². The molecular formula is C10H14N2O. The van der Waals surface area contributed by atoms with Crippen molar-refractivity contribution in [2.24, 2.45) is 0 Å². The first-order valence-corrected chi connectivity index (χ1v) is 4.20. The summed E-state index contributed by atoms with van der Waals surface area (Å²) in [5.74, 6) is 4.89. The Balaban J connectivity index is 2.62. The van der Waals surface area contributed by atoms with Crippen LogP contribution >= 0.6 is 0 Å². The number of nitrogens with zero attached hydrogens (tertiary/aromatic N) is 1. The molecule has 13 heavy (non-hydrogen) atoms. The molecule has 1 fully saturated rings. The molecule has 0 aromatic heterocycles. The lowest BCUT2D eigenvalue weighted by molar-refractivity contribution is -0.109. The summed E-state index contributed by atoms with van der Waals surface area (Å²) in [5.41, 5.74) is 4.01. The molecule has 0 aliphatic carbocycles. The third-order valence-corrected chi connectivity index (χ3v) is 1.84. The minimum absolute atomic E-state index is 0.0134. The molecule has 3 nitrogen and oxygen atoms in total. The summed E-state index contributed by atoms with van der Waals surface area (Å²) in [6.45, 7) is 7.62. The lowest BCUT2D eigenvalue weighted by atomic mass is 10.3. The van der Waals surface area contributed by atoms with Crippen LogP contribution < -0.4 is 5.43 Å². The molecule has 0 aromatic carbocycles. The van der Waals surface area contributed by atoms with E-state index in [1.807, 2.05) is 25.8 Å². The number of carbonyl (C=O) groups is 1. The zero-order chi connectivity index (χ0) is 10.1. The third-order valence-electron chi connectivity index (χ3n) is 1.84. The molecule has 70 valence electrons. The molecule has 0 bridgehead atoms. The first-order chi connectivity index (χ1) is 5.97. The fraction of sp³-hybridized carbons (Fsp3) is 0.500. The fourth-order valence-electron chi connectivity index (χ4n) is 1.19. The van der Waals surface area contributed by atoms with Crippen LogP contribution in [0.4, 0.5) is 0 Å². The zero-order valence-corrected chi connectivity index (χ0v) is 8.43. The number of hydrazine groups is 1. The lowest BCUT2D eigenvalue weighted by Crippen LogP contribution is -2.08. The van der Waals surface area contributed by atoms with E-state index >= 15 is 0 Å². The van der Waals surface area contributed by atoms with Crippen LogP contribution in [0, 0.1) is 11.8 Å². The zero-order valence-electron chi connectivity index (χ0n) is 8.43. The summed E-state index contributed by atoms with van der Waals surface area (Å²) in [5, 5.41) is 1.93. The van der Waals surface area contributed by atoms with Crippen molar-refractivity contribution in [3.05, 3.63) is 11.8 Å². The Labute approximate surface area is 78.8 Å². The van der Waals surface area contributed by atoms with E-state index in [4.69, 9.17) is 0 Å². The van der Waals surface area contributed by atoms with Gasteiger partial charge in [0.05, 0.1) is 0 Å². The Morgan fingerprint density at radius 1 is 1.54 bits per heavy atom. The molecule has 1 heterocycles.